The second kappa shape index (κ2) is 19.5. The van der Waals surface area contributed by atoms with E-state index in [0.29, 0.717) is 24.7 Å². The molecule has 66 heavy (non-hydrogen) atoms. The predicted octanol–water partition coefficient (Wildman–Crippen LogP) is 7.99. The van der Waals surface area contributed by atoms with Crippen LogP contribution in [0.4, 0.5) is 14.0 Å². The van der Waals surface area contributed by atoms with Crippen molar-refractivity contribution in [3.05, 3.63) is 83.1 Å². The molecule has 3 saturated heterocycles. The maximum absolute atomic E-state index is 16.0. The first-order valence-electron chi connectivity index (χ1n) is 23.4. The number of alkyl halides is 1. The number of aromatic amines is 2. The van der Waals surface area contributed by atoms with E-state index in [2.05, 4.69) is 49.8 Å². The van der Waals surface area contributed by atoms with Crippen LogP contribution in [0.3, 0.4) is 0 Å². The molecule has 2 unspecified atom stereocenters. The molecule has 4 amide bonds. The number of carbonyl (C=O) groups excluding carboxylic acids is 4. The number of nitrogens with zero attached hydrogens (tertiary/aromatic N) is 5. The number of amides is 4. The lowest BCUT2D eigenvalue weighted by Crippen LogP contribution is -2.51. The van der Waals surface area contributed by atoms with E-state index < -0.39 is 36.5 Å². The van der Waals surface area contributed by atoms with E-state index in [-0.39, 0.29) is 53.9 Å². The highest BCUT2D eigenvalue weighted by molar-refractivity contribution is 5.87. The second-order valence-electron chi connectivity index (χ2n) is 19.0. The van der Waals surface area contributed by atoms with Gasteiger partial charge in [-0.25, -0.2) is 23.9 Å². The summed E-state index contributed by atoms with van der Waals surface area (Å²) in [5, 5.41) is 5.44. The standard InChI is InChI=1S/C49H64FN9O7/c1-26(2)42(55-48(62)64-7)46(60)57-21-9-11-39(57)44-51-33-16-13-29(23-35(33)53-44)37-18-19-38(59(37)31-15-20-41(32(50)25-31)66-28(5)6)30-14-17-34-36(24-30)54-45(52-34)40-12-10-22-58(40)47(61)43(27(3)4)56-49(63)65-8/h13-17,20,23-28,32,37-43H,9-12,18-19,21-22H2,1-8H3,(H,51,53)(H,52,54)(H,55,62)(H,56,63)/t32?,37-,38-,39+,40+,41?,42+,43+/m1/s1. The molecule has 4 aromatic rings. The van der Waals surface area contributed by atoms with Crippen LogP contribution in [0.1, 0.15) is 127 Å². The van der Waals surface area contributed by atoms with Crippen molar-refractivity contribution in [2.24, 2.45) is 11.8 Å². The van der Waals surface area contributed by atoms with E-state index in [1.807, 2.05) is 75.6 Å². The molecule has 2 aromatic carbocycles. The number of hydrogen-bond acceptors (Lipinski definition) is 10. The molecule has 2 aromatic heterocycles. The summed E-state index contributed by atoms with van der Waals surface area (Å²) in [5.41, 5.74) is 6.10. The first-order valence-corrected chi connectivity index (χ1v) is 23.4. The van der Waals surface area contributed by atoms with Gasteiger partial charge >= 0.3 is 12.2 Å². The van der Waals surface area contributed by atoms with Gasteiger partial charge < -0.3 is 49.5 Å². The summed E-state index contributed by atoms with van der Waals surface area (Å²) in [6, 6.07) is 10.2. The number of H-pyrrole nitrogens is 2. The van der Waals surface area contributed by atoms with Gasteiger partial charge in [0.25, 0.3) is 0 Å². The summed E-state index contributed by atoms with van der Waals surface area (Å²) in [5.74, 6) is 0.754. The molecule has 16 nitrogen and oxygen atoms in total. The zero-order chi connectivity index (χ0) is 47.0. The fourth-order valence-corrected chi connectivity index (χ4v) is 10.3. The Bertz CT molecular complexity index is 2350. The smallest absolute Gasteiger partial charge is 0.407 e. The number of rotatable bonds is 13. The molecule has 5 heterocycles. The molecule has 4 aliphatic rings. The average molecular weight is 910 g/mol. The van der Waals surface area contributed by atoms with Crippen LogP contribution in [0.5, 0.6) is 0 Å². The molecule has 17 heteroatoms. The molecular formula is C49H64FN9O7. The molecule has 3 fully saturated rings. The number of fused-ring (bicyclic) bond motifs is 2. The van der Waals surface area contributed by atoms with Crippen molar-refractivity contribution in [1.82, 2.24) is 45.3 Å². The summed E-state index contributed by atoms with van der Waals surface area (Å²) in [7, 11) is 2.57. The summed E-state index contributed by atoms with van der Waals surface area (Å²) < 4.78 is 31.5. The number of ether oxygens (including phenoxy) is 3. The van der Waals surface area contributed by atoms with E-state index in [0.717, 1.165) is 77.4 Å². The first-order chi connectivity index (χ1) is 31.6. The van der Waals surface area contributed by atoms with Gasteiger partial charge in [-0.1, -0.05) is 45.9 Å². The number of carbonyl (C=O) groups is 4. The van der Waals surface area contributed by atoms with Gasteiger partial charge in [-0.15, -0.1) is 0 Å². The lowest BCUT2D eigenvalue weighted by atomic mass is 10.0. The van der Waals surface area contributed by atoms with Gasteiger partial charge in [-0.05, 0) is 112 Å². The predicted molar refractivity (Wildman–Crippen MR) is 247 cm³/mol. The minimum atomic E-state index is -1.34. The molecule has 1 aliphatic carbocycles. The van der Waals surface area contributed by atoms with Crippen LogP contribution < -0.4 is 10.6 Å². The molecule has 4 N–H and O–H groups in total. The third-order valence-corrected chi connectivity index (χ3v) is 13.5. The highest BCUT2D eigenvalue weighted by atomic mass is 19.1. The molecule has 0 spiro atoms. The number of benzene rings is 2. The van der Waals surface area contributed by atoms with Gasteiger partial charge in [-0.3, -0.25) is 9.59 Å². The lowest BCUT2D eigenvalue weighted by molar-refractivity contribution is -0.136. The van der Waals surface area contributed by atoms with E-state index in [4.69, 9.17) is 24.2 Å². The van der Waals surface area contributed by atoms with E-state index in [1.165, 1.54) is 14.2 Å². The molecule has 0 radical (unpaired) electrons. The quantitative estimate of drug-likeness (QED) is 0.102. The number of nitrogens with one attached hydrogen (secondary N) is 4. The van der Waals surface area contributed by atoms with Crippen molar-refractivity contribution in [3.8, 4) is 0 Å². The van der Waals surface area contributed by atoms with Crippen LogP contribution in [-0.4, -0.2) is 116 Å². The summed E-state index contributed by atoms with van der Waals surface area (Å²) in [6.07, 6.45) is 6.69. The average Bonchev–Trinajstić information content (AvgIpc) is 4.15. The molecule has 3 aliphatic heterocycles. The van der Waals surface area contributed by atoms with Crippen molar-refractivity contribution in [2.75, 3.05) is 27.3 Å². The lowest BCUT2D eigenvalue weighted by Gasteiger charge is -2.36. The van der Waals surface area contributed by atoms with Crippen molar-refractivity contribution in [1.29, 1.82) is 0 Å². The minimum Gasteiger partial charge on any atom is -0.453 e. The normalized spacial score (nSPS) is 24.2. The summed E-state index contributed by atoms with van der Waals surface area (Å²) >= 11 is 0. The summed E-state index contributed by atoms with van der Waals surface area (Å²) in [6.45, 7) is 12.5. The number of halogens is 1. The van der Waals surface area contributed by atoms with Crippen LogP contribution >= 0.6 is 0 Å². The molecular weight excluding hydrogens is 846 g/mol. The Balaban J connectivity index is 1.08. The maximum atomic E-state index is 16.0. The maximum Gasteiger partial charge on any atom is 0.407 e. The van der Waals surface area contributed by atoms with Gasteiger partial charge in [0.1, 0.15) is 29.8 Å². The molecule has 8 atom stereocenters. The zero-order valence-corrected chi connectivity index (χ0v) is 39.2. The van der Waals surface area contributed by atoms with Crippen LogP contribution in [0, 0.1) is 11.8 Å². The Kier molecular flexibility index (Phi) is 13.7. The number of methoxy groups -OCH3 is 2. The van der Waals surface area contributed by atoms with Gasteiger partial charge in [0.2, 0.25) is 11.8 Å². The van der Waals surface area contributed by atoms with Crippen LogP contribution in [0.15, 0.2) is 60.3 Å². The Morgan fingerprint density at radius 2 is 1.17 bits per heavy atom. The summed E-state index contributed by atoms with van der Waals surface area (Å²) in [4.78, 5) is 75.1. The third kappa shape index (κ3) is 9.36. The SMILES string of the molecule is COC(=O)N[C@H](C(=O)N1CCC[C@H]1c1nc2ccc([C@H]3CC[C@H](c4ccc5nc([C@@H]6CCCN6C(=O)[C@@H](NC(=O)OC)C(C)C)[nH]c5c4)N3C3=CC(F)C(OC(C)C)C=C3)cc2[nH]1)C(C)C. The number of hydrogen-bond donors (Lipinski definition) is 4. The van der Waals surface area contributed by atoms with Crippen molar-refractivity contribution in [3.63, 3.8) is 0 Å². The van der Waals surface area contributed by atoms with Gasteiger partial charge in [0, 0.05) is 18.8 Å². The first kappa shape index (κ1) is 46.6. The fraction of sp³-hybridized carbons (Fsp3) is 0.551. The van der Waals surface area contributed by atoms with Crippen LogP contribution in [0.25, 0.3) is 22.1 Å². The Morgan fingerprint density at radius 3 is 1.58 bits per heavy atom. The van der Waals surface area contributed by atoms with Crippen LogP contribution in [0.2, 0.25) is 0 Å². The highest BCUT2D eigenvalue weighted by Crippen LogP contribution is 2.48. The van der Waals surface area contributed by atoms with E-state index >= 15 is 4.39 Å². The Hall–Kier alpha value is -5.97. The van der Waals surface area contributed by atoms with Crippen molar-refractivity contribution >= 4 is 46.1 Å². The fourth-order valence-electron chi connectivity index (χ4n) is 10.3. The van der Waals surface area contributed by atoms with E-state index in [1.54, 1.807) is 6.08 Å². The van der Waals surface area contributed by atoms with Crippen molar-refractivity contribution in [2.45, 2.75) is 135 Å². The number of alkyl carbamates (subject to hydrolysis) is 2. The second-order valence-corrected chi connectivity index (χ2v) is 19.0. The Morgan fingerprint density at radius 1 is 0.697 bits per heavy atom. The molecule has 8 rings (SSSR count). The topological polar surface area (TPSA) is 187 Å². The highest BCUT2D eigenvalue weighted by Gasteiger charge is 2.41. The third-order valence-electron chi connectivity index (χ3n) is 13.5. The van der Waals surface area contributed by atoms with Gasteiger partial charge in [-0.2, -0.15) is 0 Å². The van der Waals surface area contributed by atoms with Gasteiger partial charge in [0.05, 0.1) is 66.6 Å². The number of imidazole rings is 2. The number of likely N-dealkylation sites (tertiary alicyclic amines) is 3. The molecule has 354 valence electrons. The largest absolute Gasteiger partial charge is 0.453 e. The monoisotopic (exact) mass is 909 g/mol. The van der Waals surface area contributed by atoms with Gasteiger partial charge in [0.15, 0.2) is 6.17 Å². The van der Waals surface area contributed by atoms with Crippen LogP contribution in [-0.2, 0) is 23.8 Å². The minimum absolute atomic E-state index is 0.115. The zero-order valence-electron chi connectivity index (χ0n) is 39.2. The molecule has 0 saturated carbocycles. The number of aromatic nitrogens is 4. The number of allylic oxidation sites excluding steroid dienone is 1. The van der Waals surface area contributed by atoms with E-state index in [9.17, 15) is 19.2 Å². The molecule has 0 bridgehead atoms. The van der Waals surface area contributed by atoms with Crippen molar-refractivity contribution < 1.29 is 37.8 Å². The Labute approximate surface area is 385 Å².